The van der Waals surface area contributed by atoms with Crippen molar-refractivity contribution >= 4 is 11.8 Å². The SMILES string of the molecule is CC(OC(C)(C)C)C(=O)OC(C)C(=O)C(C)(C)C. The van der Waals surface area contributed by atoms with Gasteiger partial charge in [0.2, 0.25) is 0 Å². The van der Waals surface area contributed by atoms with Crippen LogP contribution >= 0.6 is 0 Å². The third-order valence-electron chi connectivity index (χ3n) is 2.26. The smallest absolute Gasteiger partial charge is 0.335 e. The van der Waals surface area contributed by atoms with Crippen LogP contribution in [0.4, 0.5) is 0 Å². The Hall–Kier alpha value is -0.900. The maximum absolute atomic E-state index is 11.9. The number of carbonyl (C=O) groups excluding carboxylic acids is 2. The van der Waals surface area contributed by atoms with Crippen molar-refractivity contribution in [3.05, 3.63) is 0 Å². The van der Waals surface area contributed by atoms with Crippen molar-refractivity contribution in [3.63, 3.8) is 0 Å². The second-order valence-corrected chi connectivity index (χ2v) is 6.57. The Morgan fingerprint density at radius 2 is 1.33 bits per heavy atom. The summed E-state index contributed by atoms with van der Waals surface area (Å²) in [6, 6.07) is 0. The van der Waals surface area contributed by atoms with Crippen LogP contribution in [0.3, 0.4) is 0 Å². The number of hydrogen-bond donors (Lipinski definition) is 0. The summed E-state index contributed by atoms with van der Waals surface area (Å²) >= 11 is 0. The number of hydrogen-bond acceptors (Lipinski definition) is 4. The first kappa shape index (κ1) is 17.1. The lowest BCUT2D eigenvalue weighted by Crippen LogP contribution is -2.38. The molecule has 18 heavy (non-hydrogen) atoms. The molecular weight excluding hydrogens is 232 g/mol. The molecule has 0 aromatic rings. The summed E-state index contributed by atoms with van der Waals surface area (Å²) in [5.74, 6) is -0.603. The van der Waals surface area contributed by atoms with E-state index in [2.05, 4.69) is 0 Å². The minimum Gasteiger partial charge on any atom is -0.453 e. The van der Waals surface area contributed by atoms with E-state index in [-0.39, 0.29) is 5.78 Å². The van der Waals surface area contributed by atoms with E-state index in [1.54, 1.807) is 34.6 Å². The summed E-state index contributed by atoms with van der Waals surface area (Å²) in [6.45, 7) is 14.2. The Bertz CT molecular complexity index is 307. The molecule has 0 aromatic heterocycles. The lowest BCUT2D eigenvalue weighted by molar-refractivity contribution is -0.172. The number of Topliss-reactive ketones (excluding diaryl/α,β-unsaturated/α-hetero) is 1. The van der Waals surface area contributed by atoms with Crippen molar-refractivity contribution in [3.8, 4) is 0 Å². The Morgan fingerprint density at radius 3 is 1.67 bits per heavy atom. The molecule has 0 saturated carbocycles. The Morgan fingerprint density at radius 1 is 0.889 bits per heavy atom. The quantitative estimate of drug-likeness (QED) is 0.728. The zero-order valence-electron chi connectivity index (χ0n) is 12.8. The number of carbonyl (C=O) groups is 2. The largest absolute Gasteiger partial charge is 0.453 e. The molecule has 0 radical (unpaired) electrons. The highest BCUT2D eigenvalue weighted by Gasteiger charge is 2.31. The van der Waals surface area contributed by atoms with Crippen molar-refractivity contribution in [1.29, 1.82) is 0 Å². The molecule has 4 heteroatoms. The maximum Gasteiger partial charge on any atom is 0.335 e. The summed E-state index contributed by atoms with van der Waals surface area (Å²) in [4.78, 5) is 23.7. The maximum atomic E-state index is 11.9. The van der Waals surface area contributed by atoms with E-state index >= 15 is 0 Å². The van der Waals surface area contributed by atoms with E-state index < -0.39 is 29.2 Å². The van der Waals surface area contributed by atoms with Gasteiger partial charge in [0.05, 0.1) is 5.60 Å². The van der Waals surface area contributed by atoms with Gasteiger partial charge >= 0.3 is 5.97 Å². The molecule has 0 aliphatic rings. The fourth-order valence-electron chi connectivity index (χ4n) is 1.51. The van der Waals surface area contributed by atoms with Crippen LogP contribution in [0.15, 0.2) is 0 Å². The molecule has 0 heterocycles. The Kier molecular flexibility index (Phi) is 5.54. The van der Waals surface area contributed by atoms with Crippen LogP contribution in [0.25, 0.3) is 0 Å². The van der Waals surface area contributed by atoms with E-state index in [1.165, 1.54) is 0 Å². The van der Waals surface area contributed by atoms with Crippen LogP contribution in [-0.2, 0) is 19.1 Å². The highest BCUT2D eigenvalue weighted by atomic mass is 16.6. The number of ketones is 1. The molecule has 4 nitrogen and oxygen atoms in total. The minimum atomic E-state index is -0.747. The van der Waals surface area contributed by atoms with Gasteiger partial charge in [-0.1, -0.05) is 20.8 Å². The standard InChI is InChI=1S/C14H26O4/c1-9(11(15)13(3,4)5)17-12(16)10(2)18-14(6,7)8/h9-10H,1-8H3. The van der Waals surface area contributed by atoms with Gasteiger partial charge in [0.15, 0.2) is 18.0 Å². The molecule has 0 rings (SSSR count). The normalized spacial score (nSPS) is 16.0. The van der Waals surface area contributed by atoms with Gasteiger partial charge in [-0.05, 0) is 34.6 Å². The van der Waals surface area contributed by atoms with Gasteiger partial charge in [0, 0.05) is 5.41 Å². The highest BCUT2D eigenvalue weighted by molar-refractivity contribution is 5.89. The molecule has 0 aromatic carbocycles. The summed E-state index contributed by atoms with van der Waals surface area (Å²) in [5, 5.41) is 0. The summed E-state index contributed by atoms with van der Waals surface area (Å²) in [7, 11) is 0. The van der Waals surface area contributed by atoms with Crippen LogP contribution < -0.4 is 0 Å². The second kappa shape index (κ2) is 5.83. The first-order valence-electron chi connectivity index (χ1n) is 6.27. The van der Waals surface area contributed by atoms with Crippen molar-refractivity contribution in [1.82, 2.24) is 0 Å². The van der Waals surface area contributed by atoms with Gasteiger partial charge in [0.25, 0.3) is 0 Å². The fraction of sp³-hybridized carbons (Fsp3) is 0.857. The van der Waals surface area contributed by atoms with Crippen molar-refractivity contribution in [2.75, 3.05) is 0 Å². The van der Waals surface area contributed by atoms with E-state index in [0.29, 0.717) is 0 Å². The monoisotopic (exact) mass is 258 g/mol. The highest BCUT2D eigenvalue weighted by Crippen LogP contribution is 2.19. The minimum absolute atomic E-state index is 0.0983. The van der Waals surface area contributed by atoms with Gasteiger partial charge < -0.3 is 9.47 Å². The third-order valence-corrected chi connectivity index (χ3v) is 2.26. The van der Waals surface area contributed by atoms with Crippen LogP contribution in [0.5, 0.6) is 0 Å². The van der Waals surface area contributed by atoms with Crippen LogP contribution in [0.1, 0.15) is 55.4 Å². The fourth-order valence-corrected chi connectivity index (χ4v) is 1.51. The van der Waals surface area contributed by atoms with E-state index in [4.69, 9.17) is 9.47 Å². The molecule has 0 spiro atoms. The zero-order chi connectivity index (χ0) is 14.7. The molecule has 0 aliphatic heterocycles. The topological polar surface area (TPSA) is 52.6 Å². The van der Waals surface area contributed by atoms with Gasteiger partial charge in [0.1, 0.15) is 0 Å². The molecule has 0 bridgehead atoms. The summed E-state index contributed by atoms with van der Waals surface area (Å²) < 4.78 is 10.6. The van der Waals surface area contributed by atoms with E-state index in [9.17, 15) is 9.59 Å². The van der Waals surface area contributed by atoms with Crippen LogP contribution in [0, 0.1) is 5.41 Å². The molecule has 0 amide bonds. The van der Waals surface area contributed by atoms with Gasteiger partial charge in [-0.3, -0.25) is 4.79 Å². The Labute approximate surface area is 110 Å². The van der Waals surface area contributed by atoms with Crippen LogP contribution in [-0.4, -0.2) is 29.6 Å². The number of esters is 1. The van der Waals surface area contributed by atoms with E-state index in [0.717, 1.165) is 0 Å². The van der Waals surface area contributed by atoms with E-state index in [1.807, 2.05) is 20.8 Å². The average Bonchev–Trinajstić information content (AvgIpc) is 2.12. The zero-order valence-corrected chi connectivity index (χ0v) is 12.8. The molecule has 0 fully saturated rings. The molecule has 106 valence electrons. The predicted molar refractivity (Wildman–Crippen MR) is 70.3 cm³/mol. The number of rotatable bonds is 4. The molecule has 0 N–H and O–H groups in total. The second-order valence-electron chi connectivity index (χ2n) is 6.57. The molecular formula is C14H26O4. The first-order valence-corrected chi connectivity index (χ1v) is 6.27. The van der Waals surface area contributed by atoms with Gasteiger partial charge in [-0.25, -0.2) is 4.79 Å². The van der Waals surface area contributed by atoms with Gasteiger partial charge in [-0.15, -0.1) is 0 Å². The Balaban J connectivity index is 4.45. The summed E-state index contributed by atoms with van der Waals surface area (Å²) in [6.07, 6.45) is -1.43. The predicted octanol–water partition coefficient (Wildman–Crippen LogP) is 2.74. The lowest BCUT2D eigenvalue weighted by atomic mass is 9.88. The van der Waals surface area contributed by atoms with Gasteiger partial charge in [-0.2, -0.15) is 0 Å². The molecule has 2 atom stereocenters. The van der Waals surface area contributed by atoms with Crippen molar-refractivity contribution in [2.45, 2.75) is 73.2 Å². The first-order chi connectivity index (χ1) is 7.84. The van der Waals surface area contributed by atoms with Crippen molar-refractivity contribution < 1.29 is 19.1 Å². The number of ether oxygens (including phenoxy) is 2. The molecule has 0 aliphatic carbocycles. The molecule has 2 unspecified atom stereocenters. The third kappa shape index (κ3) is 6.15. The van der Waals surface area contributed by atoms with Crippen LogP contribution in [0.2, 0.25) is 0 Å². The average molecular weight is 258 g/mol. The lowest BCUT2D eigenvalue weighted by Gasteiger charge is -2.26. The molecule has 0 saturated heterocycles. The van der Waals surface area contributed by atoms with Crippen molar-refractivity contribution in [2.24, 2.45) is 5.41 Å². The summed E-state index contributed by atoms with van der Waals surface area (Å²) in [5.41, 5.74) is -0.941.